The molecule has 0 fully saturated rings. The summed E-state index contributed by atoms with van der Waals surface area (Å²) < 4.78 is 5.60. The molecule has 0 atom stereocenters. The van der Waals surface area contributed by atoms with E-state index < -0.39 is 0 Å². The number of Topliss-reactive ketones (excluding diaryl/α,β-unsaturated/α-hetero) is 1. The molecule has 86 valence electrons. The summed E-state index contributed by atoms with van der Waals surface area (Å²) in [6, 6.07) is 5.77. The summed E-state index contributed by atoms with van der Waals surface area (Å²) in [6.07, 6.45) is 0. The molecular weight excluding hydrogens is 200 g/mol. The zero-order valence-electron chi connectivity index (χ0n) is 10.3. The van der Waals surface area contributed by atoms with E-state index in [-0.39, 0.29) is 17.1 Å². The fourth-order valence-electron chi connectivity index (χ4n) is 2.01. The van der Waals surface area contributed by atoms with E-state index in [1.54, 1.807) is 0 Å². The highest BCUT2D eigenvalue weighted by Gasteiger charge is 2.32. The minimum atomic E-state index is 0.0165. The highest BCUT2D eigenvalue weighted by Crippen LogP contribution is 2.38. The lowest BCUT2D eigenvalue weighted by Gasteiger charge is -2.16. The van der Waals surface area contributed by atoms with E-state index in [0.29, 0.717) is 6.61 Å². The molecule has 1 aromatic rings. The molecule has 2 heteroatoms. The Morgan fingerprint density at radius 3 is 2.69 bits per heavy atom. The van der Waals surface area contributed by atoms with Crippen LogP contribution in [-0.2, 0) is 5.41 Å². The van der Waals surface area contributed by atoms with Crippen molar-refractivity contribution in [1.29, 1.82) is 0 Å². The fourth-order valence-corrected chi connectivity index (χ4v) is 2.01. The van der Waals surface area contributed by atoms with Crippen LogP contribution in [0, 0.1) is 5.92 Å². The van der Waals surface area contributed by atoms with Gasteiger partial charge in [-0.25, -0.2) is 0 Å². The van der Waals surface area contributed by atoms with Gasteiger partial charge in [-0.05, 0) is 18.2 Å². The van der Waals surface area contributed by atoms with E-state index in [4.69, 9.17) is 4.74 Å². The number of fused-ring (bicyclic) bond motifs is 1. The normalized spacial score (nSPS) is 17.1. The highest BCUT2D eigenvalue weighted by atomic mass is 16.5. The van der Waals surface area contributed by atoms with Gasteiger partial charge in [-0.2, -0.15) is 0 Å². The van der Waals surface area contributed by atoms with E-state index in [9.17, 15) is 4.79 Å². The van der Waals surface area contributed by atoms with Gasteiger partial charge in [-0.3, -0.25) is 4.79 Å². The molecule has 2 rings (SSSR count). The Balaban J connectivity index is 2.44. The standard InChI is InChI=1S/C14H18O2/c1-9(2)13(15)10-5-6-12-11(7-10)14(3,4)8-16-12/h5-7,9H,8H2,1-4H3. The second-order valence-electron chi connectivity index (χ2n) is 5.40. The van der Waals surface area contributed by atoms with Gasteiger partial charge < -0.3 is 4.74 Å². The van der Waals surface area contributed by atoms with Crippen LogP contribution in [-0.4, -0.2) is 12.4 Å². The van der Waals surface area contributed by atoms with Crippen molar-refractivity contribution in [2.75, 3.05) is 6.61 Å². The number of benzene rings is 1. The number of hydrogen-bond donors (Lipinski definition) is 0. The van der Waals surface area contributed by atoms with Crippen LogP contribution in [0.4, 0.5) is 0 Å². The first-order chi connectivity index (χ1) is 7.42. The lowest BCUT2D eigenvalue weighted by molar-refractivity contribution is 0.0939. The molecule has 16 heavy (non-hydrogen) atoms. The maximum Gasteiger partial charge on any atom is 0.165 e. The Bertz CT molecular complexity index is 430. The molecule has 0 saturated carbocycles. The smallest absolute Gasteiger partial charge is 0.165 e. The number of carbonyl (C=O) groups excluding carboxylic acids is 1. The molecule has 0 aromatic heterocycles. The van der Waals surface area contributed by atoms with Crippen LogP contribution in [0.2, 0.25) is 0 Å². The third kappa shape index (κ3) is 1.73. The summed E-state index contributed by atoms with van der Waals surface area (Å²) in [6.45, 7) is 8.83. The molecule has 0 aliphatic carbocycles. The lowest BCUT2D eigenvalue weighted by Crippen LogP contribution is -2.18. The van der Waals surface area contributed by atoms with E-state index in [1.165, 1.54) is 0 Å². The van der Waals surface area contributed by atoms with E-state index in [2.05, 4.69) is 13.8 Å². The molecule has 0 saturated heterocycles. The largest absolute Gasteiger partial charge is 0.492 e. The average molecular weight is 218 g/mol. The molecule has 1 heterocycles. The third-order valence-corrected chi connectivity index (χ3v) is 3.11. The predicted molar refractivity (Wildman–Crippen MR) is 64.1 cm³/mol. The minimum absolute atomic E-state index is 0.0165. The van der Waals surface area contributed by atoms with Gasteiger partial charge in [0.2, 0.25) is 0 Å². The maximum atomic E-state index is 11.9. The van der Waals surface area contributed by atoms with Crippen LogP contribution in [0.25, 0.3) is 0 Å². The topological polar surface area (TPSA) is 26.3 Å². The molecular formula is C14H18O2. The Morgan fingerprint density at radius 1 is 1.38 bits per heavy atom. The van der Waals surface area contributed by atoms with Crippen molar-refractivity contribution in [2.24, 2.45) is 5.92 Å². The first-order valence-corrected chi connectivity index (χ1v) is 5.73. The molecule has 1 aliphatic heterocycles. The van der Waals surface area contributed by atoms with Crippen LogP contribution in [0.1, 0.15) is 43.6 Å². The average Bonchev–Trinajstić information content (AvgIpc) is 2.53. The number of ketones is 1. The molecule has 0 radical (unpaired) electrons. The molecule has 1 aliphatic rings. The summed E-state index contributed by atoms with van der Waals surface area (Å²) in [7, 11) is 0. The van der Waals surface area contributed by atoms with Crippen molar-refractivity contribution in [3.8, 4) is 5.75 Å². The Hall–Kier alpha value is -1.31. The third-order valence-electron chi connectivity index (χ3n) is 3.11. The minimum Gasteiger partial charge on any atom is -0.492 e. The van der Waals surface area contributed by atoms with Gasteiger partial charge in [0.1, 0.15) is 5.75 Å². The maximum absolute atomic E-state index is 11.9. The van der Waals surface area contributed by atoms with Crippen LogP contribution >= 0.6 is 0 Å². The van der Waals surface area contributed by atoms with Crippen LogP contribution < -0.4 is 4.74 Å². The summed E-state index contributed by atoms with van der Waals surface area (Å²) >= 11 is 0. The summed E-state index contributed by atoms with van der Waals surface area (Å²) in [5, 5.41) is 0. The van der Waals surface area contributed by atoms with Crippen molar-refractivity contribution in [1.82, 2.24) is 0 Å². The van der Waals surface area contributed by atoms with Crippen LogP contribution in [0.15, 0.2) is 18.2 Å². The van der Waals surface area contributed by atoms with Gasteiger partial charge in [0.25, 0.3) is 0 Å². The fraction of sp³-hybridized carbons (Fsp3) is 0.500. The van der Waals surface area contributed by atoms with Gasteiger partial charge in [-0.15, -0.1) is 0 Å². The van der Waals surface area contributed by atoms with E-state index >= 15 is 0 Å². The molecule has 0 spiro atoms. The summed E-state index contributed by atoms with van der Waals surface area (Å²) in [5.74, 6) is 1.17. The predicted octanol–water partition coefficient (Wildman–Crippen LogP) is 3.20. The number of hydrogen-bond acceptors (Lipinski definition) is 2. The molecule has 0 amide bonds. The SMILES string of the molecule is CC(C)C(=O)c1ccc2c(c1)C(C)(C)CO2. The van der Waals surface area contributed by atoms with Gasteiger partial charge in [0.05, 0.1) is 6.61 Å². The zero-order chi connectivity index (χ0) is 11.9. The lowest BCUT2D eigenvalue weighted by atomic mass is 9.85. The van der Waals surface area contributed by atoms with Gasteiger partial charge >= 0.3 is 0 Å². The van der Waals surface area contributed by atoms with Crippen molar-refractivity contribution in [3.63, 3.8) is 0 Å². The van der Waals surface area contributed by atoms with Crippen LogP contribution in [0.3, 0.4) is 0 Å². The molecule has 0 N–H and O–H groups in total. The van der Waals surface area contributed by atoms with Crippen molar-refractivity contribution in [2.45, 2.75) is 33.1 Å². The van der Waals surface area contributed by atoms with Crippen molar-refractivity contribution in [3.05, 3.63) is 29.3 Å². The summed E-state index contributed by atoms with van der Waals surface area (Å²) in [5.41, 5.74) is 1.97. The Kier molecular flexibility index (Phi) is 2.53. The number of rotatable bonds is 2. The quantitative estimate of drug-likeness (QED) is 0.712. The van der Waals surface area contributed by atoms with Gasteiger partial charge in [-0.1, -0.05) is 27.7 Å². The second kappa shape index (κ2) is 3.62. The molecule has 1 aromatic carbocycles. The monoisotopic (exact) mass is 218 g/mol. The number of carbonyl (C=O) groups is 1. The molecule has 2 nitrogen and oxygen atoms in total. The van der Waals surface area contributed by atoms with E-state index in [1.807, 2.05) is 32.0 Å². The Labute approximate surface area is 96.6 Å². The highest BCUT2D eigenvalue weighted by molar-refractivity contribution is 5.97. The Morgan fingerprint density at radius 2 is 2.06 bits per heavy atom. The summed E-state index contributed by atoms with van der Waals surface area (Å²) in [4.78, 5) is 11.9. The first kappa shape index (κ1) is 11.2. The zero-order valence-corrected chi connectivity index (χ0v) is 10.3. The molecule has 0 unspecified atom stereocenters. The van der Waals surface area contributed by atoms with Gasteiger partial charge in [0, 0.05) is 22.5 Å². The number of ether oxygens (including phenoxy) is 1. The first-order valence-electron chi connectivity index (χ1n) is 5.73. The van der Waals surface area contributed by atoms with Crippen molar-refractivity contribution >= 4 is 5.78 Å². The van der Waals surface area contributed by atoms with Crippen LogP contribution in [0.5, 0.6) is 5.75 Å². The van der Waals surface area contributed by atoms with Gasteiger partial charge in [0.15, 0.2) is 5.78 Å². The molecule has 0 bridgehead atoms. The van der Waals surface area contributed by atoms with E-state index in [0.717, 1.165) is 16.9 Å². The van der Waals surface area contributed by atoms with Crippen molar-refractivity contribution < 1.29 is 9.53 Å². The second-order valence-corrected chi connectivity index (χ2v) is 5.40.